The summed E-state index contributed by atoms with van der Waals surface area (Å²) in [7, 11) is 0. The van der Waals surface area contributed by atoms with Crippen molar-refractivity contribution in [2.75, 3.05) is 26.3 Å². The van der Waals surface area contributed by atoms with Gasteiger partial charge in [0.05, 0.1) is 35.0 Å². The third-order valence-corrected chi connectivity index (χ3v) is 8.44. The number of hydrogen-bond donors (Lipinski definition) is 3. The first-order chi connectivity index (χ1) is 25.3. The molecule has 1 rings (SSSR count). The highest BCUT2D eigenvalue weighted by atomic mass is 19.4. The van der Waals surface area contributed by atoms with Crippen molar-refractivity contribution in [2.24, 2.45) is 21.4 Å². The van der Waals surface area contributed by atoms with E-state index in [1.165, 1.54) is 12.1 Å². The van der Waals surface area contributed by atoms with Crippen molar-refractivity contribution >= 4 is 35.7 Å². The lowest BCUT2D eigenvalue weighted by atomic mass is 9.90. The number of halogens is 4. The van der Waals surface area contributed by atoms with Gasteiger partial charge in [0.1, 0.15) is 19.0 Å². The number of ether oxygens (including phenoxy) is 3. The number of rotatable bonds is 17. The highest BCUT2D eigenvalue weighted by molar-refractivity contribution is 5.82. The fraction of sp³-hybridized carbons (Fsp3) is 0.684. The normalized spacial score (nSPS) is 12.3. The Hall–Kier alpha value is -4.44. The Morgan fingerprint density at radius 3 is 1.56 bits per heavy atom. The van der Waals surface area contributed by atoms with E-state index in [2.05, 4.69) is 30.7 Å². The van der Waals surface area contributed by atoms with Gasteiger partial charge in [0.15, 0.2) is 6.10 Å². The number of carbonyl (C=O) groups excluding carboxylic acids is 5. The van der Waals surface area contributed by atoms with Gasteiger partial charge in [-0.05, 0) is 98.8 Å². The Bertz CT molecular complexity index is 1370. The van der Waals surface area contributed by atoms with Crippen LogP contribution in [-0.2, 0) is 40.0 Å². The largest absolute Gasteiger partial charge is 0.463 e. The van der Waals surface area contributed by atoms with Gasteiger partial charge in [-0.2, -0.15) is 13.2 Å². The van der Waals surface area contributed by atoms with Crippen molar-refractivity contribution < 1.29 is 60.6 Å². The minimum absolute atomic E-state index is 0.119. The molecule has 0 aliphatic heterocycles. The van der Waals surface area contributed by atoms with Crippen molar-refractivity contribution in [3.8, 4) is 0 Å². The summed E-state index contributed by atoms with van der Waals surface area (Å²) < 4.78 is 63.3. The Morgan fingerprint density at radius 1 is 0.709 bits per heavy atom. The first-order valence-corrected chi connectivity index (χ1v) is 18.2. The summed E-state index contributed by atoms with van der Waals surface area (Å²) in [5.74, 6) is -1.68. The van der Waals surface area contributed by atoms with Crippen molar-refractivity contribution in [2.45, 2.75) is 128 Å². The minimum atomic E-state index is -4.49. The number of amides is 3. The monoisotopic (exact) mass is 794 g/mol. The van der Waals surface area contributed by atoms with Gasteiger partial charge >= 0.3 is 36.2 Å². The third-order valence-electron chi connectivity index (χ3n) is 8.44. The summed E-state index contributed by atoms with van der Waals surface area (Å²) in [6, 6.07) is 5.51. The second kappa shape index (κ2) is 25.6. The van der Waals surface area contributed by atoms with Crippen LogP contribution < -0.4 is 16.0 Å². The number of esters is 3. The standard InChI is InChI=1S/C16H23FN2O3.C13H24N2O4.C9H15F3O2/c1-4-16(2,3)14(20)22-10-9-18-15(21)19-11-12-5-7-13(17)8-6-12;1-6-10(3)15-19-12(17)14-8-9-18-11(16)13(4,5)7-2;1-5-8(3,4)7(13)14-6(2)9(10,11)12/h5-8H,4,9-11H2,1-3H3,(H2,18,19,21);6-9H2,1-5H3,(H,14,17);6H,5H2,1-4H3/b;15-10-;. The van der Waals surface area contributed by atoms with Crippen LogP contribution in [0.4, 0.5) is 27.2 Å². The Balaban J connectivity index is 0. The molecule has 0 aliphatic rings. The molecule has 1 unspecified atom stereocenters. The molecule has 55 heavy (non-hydrogen) atoms. The maximum Gasteiger partial charge on any atom is 0.433 e. The second-order valence-electron chi connectivity index (χ2n) is 14.3. The molecule has 0 fully saturated rings. The summed E-state index contributed by atoms with van der Waals surface area (Å²) in [5, 5.41) is 11.3. The van der Waals surface area contributed by atoms with Gasteiger partial charge in [-0.3, -0.25) is 19.2 Å². The molecule has 3 amide bonds. The molecule has 0 radical (unpaired) electrons. The van der Waals surface area contributed by atoms with E-state index in [1.54, 1.807) is 39.8 Å². The van der Waals surface area contributed by atoms with Gasteiger partial charge in [0, 0.05) is 6.54 Å². The molecular weight excluding hydrogens is 732 g/mol. The van der Waals surface area contributed by atoms with Crippen molar-refractivity contribution in [1.29, 1.82) is 0 Å². The zero-order chi connectivity index (χ0) is 43.0. The third kappa shape index (κ3) is 23.8. The number of alkyl halides is 3. The first-order valence-electron chi connectivity index (χ1n) is 18.2. The molecule has 1 aromatic carbocycles. The molecule has 0 saturated heterocycles. The smallest absolute Gasteiger partial charge is 0.433 e. The van der Waals surface area contributed by atoms with E-state index in [0.29, 0.717) is 25.8 Å². The molecule has 0 aliphatic carbocycles. The van der Waals surface area contributed by atoms with E-state index in [9.17, 15) is 41.5 Å². The Labute approximate surface area is 323 Å². The predicted molar refractivity (Wildman–Crippen MR) is 200 cm³/mol. The average molecular weight is 795 g/mol. The molecule has 0 heterocycles. The number of hydrogen-bond acceptors (Lipinski definition) is 10. The van der Waals surface area contributed by atoms with E-state index in [1.807, 2.05) is 48.5 Å². The van der Waals surface area contributed by atoms with Crippen molar-refractivity contribution in [1.82, 2.24) is 16.0 Å². The van der Waals surface area contributed by atoms with E-state index < -0.39 is 40.6 Å². The fourth-order valence-corrected chi connectivity index (χ4v) is 2.88. The van der Waals surface area contributed by atoms with E-state index in [4.69, 9.17) is 9.47 Å². The van der Waals surface area contributed by atoms with E-state index in [-0.39, 0.29) is 50.1 Å². The Kier molecular flexibility index (Phi) is 24.5. The van der Waals surface area contributed by atoms with E-state index in [0.717, 1.165) is 24.6 Å². The van der Waals surface area contributed by atoms with Crippen LogP contribution in [-0.4, -0.2) is 74.3 Å². The number of carbonyl (C=O) groups is 5. The average Bonchev–Trinajstić information content (AvgIpc) is 3.13. The van der Waals surface area contributed by atoms with Crippen molar-refractivity contribution in [3.05, 3.63) is 35.6 Å². The Morgan fingerprint density at radius 2 is 1.15 bits per heavy atom. The van der Waals surface area contributed by atoms with Crippen LogP contribution in [0.15, 0.2) is 29.4 Å². The molecule has 17 heteroatoms. The van der Waals surface area contributed by atoms with Crippen LogP contribution in [0.3, 0.4) is 0 Å². The molecule has 3 N–H and O–H groups in total. The zero-order valence-electron chi connectivity index (χ0n) is 34.4. The lowest BCUT2D eigenvalue weighted by Crippen LogP contribution is -2.37. The number of benzene rings is 1. The highest BCUT2D eigenvalue weighted by Crippen LogP contribution is 2.28. The lowest BCUT2D eigenvalue weighted by molar-refractivity contribution is -0.221. The molecule has 316 valence electrons. The number of oxime groups is 1. The molecule has 1 aromatic rings. The SMILES string of the molecule is CC/C(C)=N\OC(=O)NCCOC(=O)C(C)(C)CC.CCC(C)(C)C(=O)OC(C)C(F)(F)F.CCC(C)(C)C(=O)OCCNC(=O)NCc1ccc(F)cc1. The van der Waals surface area contributed by atoms with Gasteiger partial charge in [-0.1, -0.05) is 45.0 Å². The fourth-order valence-electron chi connectivity index (χ4n) is 2.88. The van der Waals surface area contributed by atoms with Crippen LogP contribution in [0.5, 0.6) is 0 Å². The van der Waals surface area contributed by atoms with Gasteiger partial charge in [0.25, 0.3) is 0 Å². The highest BCUT2D eigenvalue weighted by Gasteiger charge is 2.41. The quantitative estimate of drug-likeness (QED) is 0.0269. The van der Waals surface area contributed by atoms with Crippen LogP contribution in [0.2, 0.25) is 0 Å². The zero-order valence-corrected chi connectivity index (χ0v) is 34.4. The molecule has 1 atom stereocenters. The molecule has 0 bridgehead atoms. The second-order valence-corrected chi connectivity index (χ2v) is 14.3. The molecule has 13 nitrogen and oxygen atoms in total. The predicted octanol–water partition coefficient (Wildman–Crippen LogP) is 8.00. The van der Waals surface area contributed by atoms with Crippen LogP contribution in [0, 0.1) is 22.1 Å². The van der Waals surface area contributed by atoms with Gasteiger partial charge in [-0.15, -0.1) is 0 Å². The number of nitrogens with one attached hydrogen (secondary N) is 3. The van der Waals surface area contributed by atoms with Crippen LogP contribution >= 0.6 is 0 Å². The first kappa shape index (κ1) is 52.7. The lowest BCUT2D eigenvalue weighted by Gasteiger charge is -2.24. The summed E-state index contributed by atoms with van der Waals surface area (Å²) >= 11 is 0. The summed E-state index contributed by atoms with van der Waals surface area (Å²) in [5.41, 5.74) is -0.341. The maximum absolute atomic E-state index is 12.7. The van der Waals surface area contributed by atoms with Crippen LogP contribution in [0.1, 0.15) is 114 Å². The summed E-state index contributed by atoms with van der Waals surface area (Å²) in [6.07, 6.45) is -4.63. The molecule has 0 aromatic heterocycles. The van der Waals surface area contributed by atoms with Gasteiger partial charge in [0.2, 0.25) is 0 Å². The topological polar surface area (TPSA) is 171 Å². The number of nitrogens with zero attached hydrogens (tertiary/aromatic N) is 1. The molecule has 0 saturated carbocycles. The van der Waals surface area contributed by atoms with E-state index >= 15 is 0 Å². The van der Waals surface area contributed by atoms with Crippen molar-refractivity contribution in [3.63, 3.8) is 0 Å². The van der Waals surface area contributed by atoms with Crippen LogP contribution in [0.25, 0.3) is 0 Å². The van der Waals surface area contributed by atoms with Gasteiger partial charge < -0.3 is 30.2 Å². The maximum atomic E-state index is 12.7. The molecule has 0 spiro atoms. The molecular formula is C38H62F4N4O9. The minimum Gasteiger partial charge on any atom is -0.463 e. The number of urea groups is 1. The summed E-state index contributed by atoms with van der Waals surface area (Å²) in [4.78, 5) is 61.8. The summed E-state index contributed by atoms with van der Waals surface area (Å²) in [6.45, 7) is 21.4. The van der Waals surface area contributed by atoms with Gasteiger partial charge in [-0.25, -0.2) is 14.0 Å².